The summed E-state index contributed by atoms with van der Waals surface area (Å²) >= 11 is 0.989. The van der Waals surface area contributed by atoms with Crippen molar-refractivity contribution in [2.75, 3.05) is 0 Å². The van der Waals surface area contributed by atoms with E-state index in [2.05, 4.69) is 65.6 Å². The molecule has 108 valence electrons. The van der Waals surface area contributed by atoms with Crippen molar-refractivity contribution < 1.29 is 0 Å². The molecule has 0 atom stereocenters. The summed E-state index contributed by atoms with van der Waals surface area (Å²) in [6.45, 7) is 0. The molecule has 0 aliphatic heterocycles. The summed E-state index contributed by atoms with van der Waals surface area (Å²) in [4.78, 5) is 2.59. The van der Waals surface area contributed by atoms with Gasteiger partial charge in [0, 0.05) is 0 Å². The van der Waals surface area contributed by atoms with Crippen molar-refractivity contribution >= 4 is 38.8 Å². The van der Waals surface area contributed by atoms with E-state index < -0.39 is 0 Å². The second-order valence-electron chi connectivity index (χ2n) is 5.35. The van der Waals surface area contributed by atoms with Gasteiger partial charge in [0.2, 0.25) is 0 Å². The second kappa shape index (κ2) is 8.01. The van der Waals surface area contributed by atoms with Gasteiger partial charge >= 0.3 is 141 Å². The van der Waals surface area contributed by atoms with Gasteiger partial charge in [0.05, 0.1) is 0 Å². The third-order valence-corrected chi connectivity index (χ3v) is 8.98. The van der Waals surface area contributed by atoms with Gasteiger partial charge in [-0.25, -0.2) is 0 Å². The molecule has 1 saturated carbocycles. The van der Waals surface area contributed by atoms with Crippen LogP contribution in [0, 0.1) is 5.92 Å². The molecule has 0 unspecified atom stereocenters. The molecule has 2 heteroatoms. The molecule has 0 nitrogen and oxygen atoms in total. The van der Waals surface area contributed by atoms with Crippen molar-refractivity contribution in [1.82, 2.24) is 0 Å². The molecule has 1 aliphatic rings. The van der Waals surface area contributed by atoms with Gasteiger partial charge in [0.25, 0.3) is 0 Å². The monoisotopic (exact) mass is 408 g/mol. The van der Waals surface area contributed by atoms with E-state index in [1.54, 1.807) is 4.47 Å². The predicted molar refractivity (Wildman–Crippen MR) is 93.7 cm³/mol. The molecule has 3 rings (SSSR count). The normalized spacial score (nSPS) is 16.3. The van der Waals surface area contributed by atoms with E-state index in [-0.39, 0.29) is 0 Å². The van der Waals surface area contributed by atoms with Crippen LogP contribution < -0.4 is 8.92 Å². The van der Waals surface area contributed by atoms with E-state index in [0.29, 0.717) is 29.9 Å². The average molecular weight is 406 g/mol. The van der Waals surface area contributed by atoms with Gasteiger partial charge in [-0.1, -0.05) is 0 Å². The fourth-order valence-electron chi connectivity index (χ4n) is 2.66. The number of rotatable bonds is 5. The van der Waals surface area contributed by atoms with Crippen LogP contribution in [0.25, 0.3) is 0 Å². The first-order valence-electron chi connectivity index (χ1n) is 7.56. The van der Waals surface area contributed by atoms with Gasteiger partial charge in [-0.15, -0.1) is 0 Å². The van der Waals surface area contributed by atoms with Gasteiger partial charge in [0.15, 0.2) is 0 Å². The van der Waals surface area contributed by atoms with E-state index in [1.807, 2.05) is 0 Å². The van der Waals surface area contributed by atoms with E-state index in [9.17, 15) is 0 Å². The second-order valence-corrected chi connectivity index (χ2v) is 9.73. The van der Waals surface area contributed by atoms with E-state index >= 15 is 0 Å². The van der Waals surface area contributed by atoms with Crippen molar-refractivity contribution in [2.24, 2.45) is 5.92 Å². The van der Waals surface area contributed by atoms with Crippen LogP contribution >= 0.6 is 0 Å². The van der Waals surface area contributed by atoms with Crippen LogP contribution in [0.4, 0.5) is 0 Å². The minimum atomic E-state index is 0.482. The molecule has 0 aromatic heterocycles. The molecular formula is C19H20Se2. The summed E-state index contributed by atoms with van der Waals surface area (Å²) in [6.07, 6.45) is 5.66. The fraction of sp³-hybridized carbons (Fsp3) is 0.263. The first kappa shape index (κ1) is 15.1. The zero-order valence-corrected chi connectivity index (χ0v) is 15.5. The van der Waals surface area contributed by atoms with Gasteiger partial charge < -0.3 is 0 Å². The topological polar surface area (TPSA) is 0 Å². The molecule has 0 bridgehead atoms. The summed E-state index contributed by atoms with van der Waals surface area (Å²) in [6, 6.07) is 22.0. The summed E-state index contributed by atoms with van der Waals surface area (Å²) in [5.74, 6) is 0.857. The number of hydrogen-bond donors (Lipinski definition) is 0. The molecule has 0 radical (unpaired) electrons. The van der Waals surface area contributed by atoms with Crippen molar-refractivity contribution in [3.63, 3.8) is 0 Å². The first-order chi connectivity index (χ1) is 10.4. The zero-order valence-electron chi connectivity index (χ0n) is 12.1. The van der Waals surface area contributed by atoms with E-state index in [1.165, 1.54) is 34.6 Å². The van der Waals surface area contributed by atoms with Crippen molar-refractivity contribution in [1.29, 1.82) is 0 Å². The Morgan fingerprint density at radius 3 is 2.00 bits per heavy atom. The van der Waals surface area contributed by atoms with E-state index in [4.69, 9.17) is 0 Å². The Morgan fingerprint density at radius 2 is 1.38 bits per heavy atom. The zero-order chi connectivity index (χ0) is 14.3. The maximum absolute atomic E-state index is 2.59. The molecule has 0 amide bonds. The fourth-order valence-corrected chi connectivity index (χ4v) is 7.44. The molecule has 0 saturated heterocycles. The summed E-state index contributed by atoms with van der Waals surface area (Å²) in [5, 5.41) is 0. The number of allylic oxidation sites excluding steroid dienone is 1. The molecule has 1 fully saturated rings. The van der Waals surface area contributed by atoms with Crippen molar-refractivity contribution in [3.8, 4) is 0 Å². The molecule has 2 aromatic carbocycles. The maximum atomic E-state index is 2.59. The van der Waals surface area contributed by atoms with Crippen LogP contribution in [0.1, 0.15) is 25.7 Å². The molecule has 0 N–H and O–H groups in total. The SMILES string of the molecule is C(/[Se]c1ccccc1)=C(/[Se]c1ccccc1)C1CCCC1. The molecule has 21 heavy (non-hydrogen) atoms. The van der Waals surface area contributed by atoms with Crippen LogP contribution in [0.5, 0.6) is 0 Å². The van der Waals surface area contributed by atoms with Gasteiger partial charge in [-0.2, -0.15) is 0 Å². The third-order valence-electron chi connectivity index (χ3n) is 3.79. The minimum absolute atomic E-state index is 0.482. The standard InChI is InChI=1S/C19H20Se2/c1-3-11-17(12-4-1)20-15-19(16-9-7-8-10-16)21-18-13-5-2-6-14-18/h1-6,11-16H,7-10H2/b19-15-. The van der Waals surface area contributed by atoms with Crippen LogP contribution in [0.15, 0.2) is 70.1 Å². The van der Waals surface area contributed by atoms with Crippen LogP contribution in [-0.2, 0) is 0 Å². The molecular weight excluding hydrogens is 386 g/mol. The molecule has 0 heterocycles. The summed E-state index contributed by atoms with van der Waals surface area (Å²) in [5.41, 5.74) is 0. The Kier molecular flexibility index (Phi) is 5.77. The Balaban J connectivity index is 1.75. The van der Waals surface area contributed by atoms with Crippen LogP contribution in [0.2, 0.25) is 0 Å². The molecule has 1 aliphatic carbocycles. The predicted octanol–water partition coefficient (Wildman–Crippen LogP) is 3.08. The van der Waals surface area contributed by atoms with Gasteiger partial charge in [-0.05, 0) is 0 Å². The Labute approximate surface area is 140 Å². The number of benzene rings is 2. The Bertz CT molecular complexity index is 569. The van der Waals surface area contributed by atoms with Gasteiger partial charge in [0.1, 0.15) is 0 Å². The molecule has 0 spiro atoms. The Hall–Kier alpha value is -0.781. The Morgan fingerprint density at radius 1 is 0.810 bits per heavy atom. The summed E-state index contributed by atoms with van der Waals surface area (Å²) < 4.78 is 4.76. The van der Waals surface area contributed by atoms with Crippen LogP contribution in [0.3, 0.4) is 0 Å². The van der Waals surface area contributed by atoms with Crippen molar-refractivity contribution in [3.05, 3.63) is 70.1 Å². The summed E-state index contributed by atoms with van der Waals surface area (Å²) in [7, 11) is 0. The number of hydrogen-bond acceptors (Lipinski definition) is 0. The van der Waals surface area contributed by atoms with E-state index in [0.717, 1.165) is 5.92 Å². The third kappa shape index (κ3) is 4.59. The average Bonchev–Trinajstić information content (AvgIpc) is 3.08. The van der Waals surface area contributed by atoms with Gasteiger partial charge in [-0.3, -0.25) is 0 Å². The van der Waals surface area contributed by atoms with Crippen molar-refractivity contribution in [2.45, 2.75) is 25.7 Å². The first-order valence-corrected chi connectivity index (χ1v) is 11.1. The van der Waals surface area contributed by atoms with Crippen LogP contribution in [-0.4, -0.2) is 29.9 Å². The quantitative estimate of drug-likeness (QED) is 0.670. The molecule has 2 aromatic rings.